The van der Waals surface area contributed by atoms with E-state index in [0.717, 1.165) is 0 Å². The zero-order valence-corrected chi connectivity index (χ0v) is 8.64. The van der Waals surface area contributed by atoms with Gasteiger partial charge in [0.05, 0.1) is 5.54 Å². The second-order valence-electron chi connectivity index (χ2n) is 3.58. The molecule has 0 aliphatic heterocycles. The van der Waals surface area contributed by atoms with Crippen LogP contribution in [0.15, 0.2) is 4.52 Å². The second kappa shape index (κ2) is 3.80. The molecule has 86 valence electrons. The molecule has 0 saturated carbocycles. The summed E-state index contributed by atoms with van der Waals surface area (Å²) in [6.07, 6.45) is -4.57. The summed E-state index contributed by atoms with van der Waals surface area (Å²) in [6, 6.07) is 0. The molecule has 1 aromatic heterocycles. The summed E-state index contributed by atoms with van der Waals surface area (Å²) in [7, 11) is 0. The first-order chi connectivity index (χ1) is 6.77. The van der Waals surface area contributed by atoms with Crippen LogP contribution in [0.2, 0.25) is 0 Å². The summed E-state index contributed by atoms with van der Waals surface area (Å²) in [5.74, 6) is -1.32. The predicted molar refractivity (Wildman–Crippen MR) is 46.0 cm³/mol. The molecule has 1 N–H and O–H groups in total. The van der Waals surface area contributed by atoms with E-state index in [2.05, 4.69) is 20.0 Å². The number of nitrogens with one attached hydrogen (secondary N) is 1. The minimum atomic E-state index is -4.57. The average molecular weight is 223 g/mol. The van der Waals surface area contributed by atoms with Crippen LogP contribution in [0.1, 0.15) is 32.5 Å². The van der Waals surface area contributed by atoms with Crippen LogP contribution in [0.5, 0.6) is 0 Å². The van der Waals surface area contributed by atoms with Gasteiger partial charge in [-0.05, 0) is 20.4 Å². The van der Waals surface area contributed by atoms with Crippen molar-refractivity contribution < 1.29 is 17.7 Å². The Kier molecular flexibility index (Phi) is 3.03. The summed E-state index contributed by atoms with van der Waals surface area (Å²) in [6.45, 7) is 5.77. The van der Waals surface area contributed by atoms with E-state index in [4.69, 9.17) is 0 Å². The van der Waals surface area contributed by atoms with Gasteiger partial charge in [0.25, 0.3) is 5.82 Å². The molecule has 0 atom stereocenters. The minimum absolute atomic E-state index is 0.0725. The van der Waals surface area contributed by atoms with E-state index in [1.165, 1.54) is 0 Å². The van der Waals surface area contributed by atoms with Crippen molar-refractivity contribution in [3.8, 4) is 0 Å². The number of rotatable bonds is 3. The molecule has 0 aliphatic carbocycles. The Balaban J connectivity index is 2.94. The van der Waals surface area contributed by atoms with Crippen LogP contribution in [0.4, 0.5) is 13.2 Å². The van der Waals surface area contributed by atoms with Gasteiger partial charge >= 0.3 is 6.18 Å². The van der Waals surface area contributed by atoms with Crippen molar-refractivity contribution >= 4 is 0 Å². The van der Waals surface area contributed by atoms with Crippen LogP contribution >= 0.6 is 0 Å². The minimum Gasteiger partial charge on any atom is -0.337 e. The van der Waals surface area contributed by atoms with Gasteiger partial charge in [0.15, 0.2) is 0 Å². The molecular weight excluding hydrogens is 211 g/mol. The number of nitrogens with zero attached hydrogens (tertiary/aromatic N) is 2. The first-order valence-corrected chi connectivity index (χ1v) is 4.44. The van der Waals surface area contributed by atoms with Crippen molar-refractivity contribution in [3.05, 3.63) is 11.7 Å². The first-order valence-electron chi connectivity index (χ1n) is 4.44. The summed E-state index contributed by atoms with van der Waals surface area (Å²) in [4.78, 5) is 3.31. The van der Waals surface area contributed by atoms with Crippen molar-refractivity contribution in [2.45, 2.75) is 32.5 Å². The van der Waals surface area contributed by atoms with Crippen LogP contribution in [0.3, 0.4) is 0 Å². The van der Waals surface area contributed by atoms with Crippen LogP contribution in [-0.4, -0.2) is 16.7 Å². The molecule has 1 heterocycles. The van der Waals surface area contributed by atoms with Crippen molar-refractivity contribution in [3.63, 3.8) is 0 Å². The Labute approximate surface area is 84.9 Å². The lowest BCUT2D eigenvalue weighted by Gasteiger charge is -2.20. The number of aromatic nitrogens is 2. The van der Waals surface area contributed by atoms with Gasteiger partial charge in [-0.25, -0.2) is 0 Å². The quantitative estimate of drug-likeness (QED) is 0.850. The van der Waals surface area contributed by atoms with E-state index in [9.17, 15) is 13.2 Å². The zero-order valence-electron chi connectivity index (χ0n) is 8.64. The summed E-state index contributed by atoms with van der Waals surface area (Å²) in [5, 5.41) is 5.82. The molecule has 0 spiro atoms. The van der Waals surface area contributed by atoms with Gasteiger partial charge in [-0.1, -0.05) is 12.1 Å². The third-order valence-electron chi connectivity index (χ3n) is 1.83. The molecule has 7 heteroatoms. The van der Waals surface area contributed by atoms with Gasteiger partial charge in [-0.2, -0.15) is 18.2 Å². The fourth-order valence-electron chi connectivity index (χ4n) is 1.11. The maximum atomic E-state index is 12.2. The predicted octanol–water partition coefficient (Wildman–Crippen LogP) is 1.93. The lowest BCUT2D eigenvalue weighted by atomic mass is 10.1. The first kappa shape index (κ1) is 12.0. The van der Waals surface area contributed by atoms with Crippen molar-refractivity contribution in [1.82, 2.24) is 15.5 Å². The second-order valence-corrected chi connectivity index (χ2v) is 3.58. The maximum absolute atomic E-state index is 12.2. The maximum Gasteiger partial charge on any atom is 0.455 e. The summed E-state index contributed by atoms with van der Waals surface area (Å²) >= 11 is 0. The van der Waals surface area contributed by atoms with Crippen LogP contribution < -0.4 is 5.32 Å². The molecule has 1 aromatic rings. The molecule has 0 fully saturated rings. The average Bonchev–Trinajstić information content (AvgIpc) is 2.50. The third-order valence-corrected chi connectivity index (χ3v) is 1.83. The molecule has 15 heavy (non-hydrogen) atoms. The molecule has 1 rings (SSSR count). The molecule has 0 aliphatic rings. The highest BCUT2D eigenvalue weighted by atomic mass is 19.4. The lowest BCUT2D eigenvalue weighted by molar-refractivity contribution is -0.146. The molecule has 0 saturated heterocycles. The number of halogens is 3. The Morgan fingerprint density at radius 3 is 2.33 bits per heavy atom. The largest absolute Gasteiger partial charge is 0.455 e. The SMILES string of the molecule is CCNC(C)(C)c1nc(C(F)(F)F)no1. The highest BCUT2D eigenvalue weighted by molar-refractivity contribution is 5.00. The zero-order chi connectivity index (χ0) is 11.7. The molecule has 4 nitrogen and oxygen atoms in total. The monoisotopic (exact) mass is 223 g/mol. The van der Waals surface area contributed by atoms with E-state index in [-0.39, 0.29) is 5.89 Å². The van der Waals surface area contributed by atoms with E-state index >= 15 is 0 Å². The van der Waals surface area contributed by atoms with Gasteiger partial charge in [-0.15, -0.1) is 0 Å². The van der Waals surface area contributed by atoms with Crippen molar-refractivity contribution in [1.29, 1.82) is 0 Å². The molecule has 0 unspecified atom stereocenters. The van der Waals surface area contributed by atoms with E-state index in [1.807, 2.05) is 6.92 Å². The normalized spacial score (nSPS) is 13.2. The summed E-state index contributed by atoms with van der Waals surface area (Å²) in [5.41, 5.74) is -0.759. The van der Waals surface area contributed by atoms with E-state index in [1.54, 1.807) is 13.8 Å². The van der Waals surface area contributed by atoms with E-state index < -0.39 is 17.5 Å². The highest BCUT2D eigenvalue weighted by Crippen LogP contribution is 2.28. The van der Waals surface area contributed by atoms with Crippen LogP contribution in [-0.2, 0) is 11.7 Å². The smallest absolute Gasteiger partial charge is 0.337 e. The molecule has 0 amide bonds. The lowest BCUT2D eigenvalue weighted by Crippen LogP contribution is -2.36. The Morgan fingerprint density at radius 2 is 1.93 bits per heavy atom. The molecule has 0 radical (unpaired) electrons. The molecule has 0 bridgehead atoms. The van der Waals surface area contributed by atoms with Crippen molar-refractivity contribution in [2.24, 2.45) is 0 Å². The van der Waals surface area contributed by atoms with E-state index in [0.29, 0.717) is 6.54 Å². The highest BCUT2D eigenvalue weighted by Gasteiger charge is 2.39. The number of hydrogen-bond acceptors (Lipinski definition) is 4. The topological polar surface area (TPSA) is 51.0 Å². The van der Waals surface area contributed by atoms with Gasteiger partial charge in [0.2, 0.25) is 5.89 Å². The van der Waals surface area contributed by atoms with Gasteiger partial charge in [-0.3, -0.25) is 0 Å². The van der Waals surface area contributed by atoms with Gasteiger partial charge in [0.1, 0.15) is 0 Å². The van der Waals surface area contributed by atoms with Gasteiger partial charge < -0.3 is 9.84 Å². The third kappa shape index (κ3) is 2.68. The Bertz CT molecular complexity index is 332. The standard InChI is InChI=1S/C8H12F3N3O/c1-4-12-7(2,3)6-13-5(14-15-6)8(9,10)11/h12H,4H2,1-3H3. The number of alkyl halides is 3. The Morgan fingerprint density at radius 1 is 1.33 bits per heavy atom. The molecular formula is C8H12F3N3O. The molecule has 0 aromatic carbocycles. The number of hydrogen-bond donors (Lipinski definition) is 1. The van der Waals surface area contributed by atoms with Crippen molar-refractivity contribution in [2.75, 3.05) is 6.54 Å². The summed E-state index contributed by atoms with van der Waals surface area (Å²) < 4.78 is 41.1. The fraction of sp³-hybridized carbons (Fsp3) is 0.750. The fourth-order valence-corrected chi connectivity index (χ4v) is 1.11. The van der Waals surface area contributed by atoms with Crippen LogP contribution in [0.25, 0.3) is 0 Å². The van der Waals surface area contributed by atoms with Crippen LogP contribution in [0, 0.1) is 0 Å². The van der Waals surface area contributed by atoms with Gasteiger partial charge in [0, 0.05) is 0 Å². The Hall–Kier alpha value is -1.11.